The zero-order valence-corrected chi connectivity index (χ0v) is 13.4. The summed E-state index contributed by atoms with van der Waals surface area (Å²) in [6.07, 6.45) is 0. The summed E-state index contributed by atoms with van der Waals surface area (Å²) in [7, 11) is 0. The van der Waals surface area contributed by atoms with Crippen LogP contribution in [-0.4, -0.2) is 10.9 Å². The molecule has 0 unspecified atom stereocenters. The Morgan fingerprint density at radius 3 is 2.90 bits per heavy atom. The molecule has 3 rings (SSSR count). The van der Waals surface area contributed by atoms with Gasteiger partial charge in [-0.15, -0.1) is 22.7 Å². The second-order valence-electron chi connectivity index (χ2n) is 4.89. The SMILES string of the molecule is Cc1ccc2sc(C(=O)NCc3scnc3C)c(N)c2c1. The highest BCUT2D eigenvalue weighted by molar-refractivity contribution is 7.21. The quantitative estimate of drug-likeness (QED) is 0.777. The van der Waals surface area contributed by atoms with Crippen molar-refractivity contribution in [1.29, 1.82) is 0 Å². The standard InChI is InChI=1S/C15H15N3OS2/c1-8-3-4-11-10(5-8)13(16)14(21-11)15(19)17-6-12-9(2)18-7-20-12/h3-5,7H,6,16H2,1-2H3,(H,17,19). The lowest BCUT2D eigenvalue weighted by molar-refractivity contribution is 0.0956. The van der Waals surface area contributed by atoms with Crippen molar-refractivity contribution >= 4 is 44.4 Å². The van der Waals surface area contributed by atoms with Crippen molar-refractivity contribution < 1.29 is 4.79 Å². The minimum absolute atomic E-state index is 0.126. The van der Waals surface area contributed by atoms with E-state index in [1.54, 1.807) is 16.8 Å². The summed E-state index contributed by atoms with van der Waals surface area (Å²) >= 11 is 2.98. The van der Waals surface area contributed by atoms with Crippen molar-refractivity contribution in [3.05, 3.63) is 44.7 Å². The molecule has 0 atom stereocenters. The van der Waals surface area contributed by atoms with Gasteiger partial charge in [0.05, 0.1) is 23.4 Å². The first kappa shape index (κ1) is 14.0. The van der Waals surface area contributed by atoms with Gasteiger partial charge in [0.25, 0.3) is 5.91 Å². The van der Waals surface area contributed by atoms with Crippen LogP contribution in [0.4, 0.5) is 5.69 Å². The van der Waals surface area contributed by atoms with Crippen LogP contribution in [0, 0.1) is 13.8 Å². The summed E-state index contributed by atoms with van der Waals surface area (Å²) < 4.78 is 1.04. The molecule has 0 fully saturated rings. The van der Waals surface area contributed by atoms with Crippen molar-refractivity contribution in [3.63, 3.8) is 0 Å². The number of hydrogen-bond acceptors (Lipinski definition) is 5. The maximum atomic E-state index is 12.3. The summed E-state index contributed by atoms with van der Waals surface area (Å²) in [4.78, 5) is 18.2. The third-order valence-electron chi connectivity index (χ3n) is 3.34. The molecule has 0 saturated heterocycles. The van der Waals surface area contributed by atoms with E-state index < -0.39 is 0 Å². The number of anilines is 1. The Morgan fingerprint density at radius 1 is 1.38 bits per heavy atom. The lowest BCUT2D eigenvalue weighted by Crippen LogP contribution is -2.22. The Kier molecular flexibility index (Phi) is 3.65. The molecule has 4 nitrogen and oxygen atoms in total. The second-order valence-corrected chi connectivity index (χ2v) is 6.88. The highest BCUT2D eigenvalue weighted by atomic mass is 32.1. The van der Waals surface area contributed by atoms with Gasteiger partial charge >= 0.3 is 0 Å². The Labute approximate surface area is 130 Å². The topological polar surface area (TPSA) is 68.0 Å². The van der Waals surface area contributed by atoms with Crippen molar-refractivity contribution in [2.45, 2.75) is 20.4 Å². The Balaban J connectivity index is 1.84. The van der Waals surface area contributed by atoms with Crippen molar-refractivity contribution in [2.75, 3.05) is 5.73 Å². The van der Waals surface area contributed by atoms with Crippen LogP contribution in [0.1, 0.15) is 25.8 Å². The van der Waals surface area contributed by atoms with E-state index in [0.717, 1.165) is 26.2 Å². The first-order valence-corrected chi connectivity index (χ1v) is 8.21. The van der Waals surface area contributed by atoms with Crippen molar-refractivity contribution in [2.24, 2.45) is 0 Å². The molecule has 0 aliphatic rings. The Bertz CT molecular complexity index is 820. The van der Waals surface area contributed by atoms with E-state index in [0.29, 0.717) is 17.1 Å². The zero-order valence-electron chi connectivity index (χ0n) is 11.8. The van der Waals surface area contributed by atoms with E-state index in [4.69, 9.17) is 5.73 Å². The summed E-state index contributed by atoms with van der Waals surface area (Å²) in [6, 6.07) is 6.06. The van der Waals surface area contributed by atoms with Crippen molar-refractivity contribution in [3.8, 4) is 0 Å². The van der Waals surface area contributed by atoms with E-state index in [2.05, 4.69) is 10.3 Å². The van der Waals surface area contributed by atoms with Crippen LogP contribution in [0.15, 0.2) is 23.7 Å². The zero-order chi connectivity index (χ0) is 15.0. The number of carbonyl (C=O) groups excluding carboxylic acids is 1. The van der Waals surface area contributed by atoms with Crippen LogP contribution < -0.4 is 11.1 Å². The normalized spacial score (nSPS) is 11.0. The fraction of sp³-hybridized carbons (Fsp3) is 0.200. The van der Waals surface area contributed by atoms with E-state index in [9.17, 15) is 4.79 Å². The molecule has 3 aromatic rings. The molecule has 3 N–H and O–H groups in total. The van der Waals surface area contributed by atoms with Crippen LogP contribution in [0.2, 0.25) is 0 Å². The molecule has 2 aromatic heterocycles. The number of rotatable bonds is 3. The van der Waals surface area contributed by atoms with Gasteiger partial charge in [-0.1, -0.05) is 11.6 Å². The van der Waals surface area contributed by atoms with Crippen LogP contribution in [0.5, 0.6) is 0 Å². The molecule has 0 radical (unpaired) electrons. The first-order valence-electron chi connectivity index (χ1n) is 6.52. The number of nitrogen functional groups attached to an aromatic ring is 1. The van der Waals surface area contributed by atoms with Gasteiger partial charge in [-0.25, -0.2) is 4.98 Å². The van der Waals surface area contributed by atoms with Gasteiger partial charge in [0.2, 0.25) is 0 Å². The van der Waals surface area contributed by atoms with E-state index in [1.807, 2.05) is 32.0 Å². The Hall–Kier alpha value is -1.92. The molecule has 21 heavy (non-hydrogen) atoms. The molecule has 2 heterocycles. The maximum Gasteiger partial charge on any atom is 0.263 e. The van der Waals surface area contributed by atoms with Gasteiger partial charge in [-0.2, -0.15) is 0 Å². The summed E-state index contributed by atoms with van der Waals surface area (Å²) in [5, 5.41) is 3.88. The van der Waals surface area contributed by atoms with Gasteiger partial charge in [-0.3, -0.25) is 4.79 Å². The average Bonchev–Trinajstić information content (AvgIpc) is 3.01. The lowest BCUT2D eigenvalue weighted by atomic mass is 10.1. The monoisotopic (exact) mass is 317 g/mol. The number of fused-ring (bicyclic) bond motifs is 1. The molecule has 0 bridgehead atoms. The number of nitrogens with zero attached hydrogens (tertiary/aromatic N) is 1. The third kappa shape index (κ3) is 2.64. The Morgan fingerprint density at radius 2 is 2.19 bits per heavy atom. The third-order valence-corrected chi connectivity index (χ3v) is 5.46. The number of thiophene rings is 1. The predicted octanol–water partition coefficient (Wildman–Crippen LogP) is 3.49. The lowest BCUT2D eigenvalue weighted by Gasteiger charge is -2.03. The van der Waals surface area contributed by atoms with Gasteiger partial charge in [-0.05, 0) is 26.0 Å². The van der Waals surface area contributed by atoms with Crippen molar-refractivity contribution in [1.82, 2.24) is 10.3 Å². The highest BCUT2D eigenvalue weighted by Crippen LogP contribution is 2.34. The molecular weight excluding hydrogens is 302 g/mol. The molecule has 1 aromatic carbocycles. The van der Waals surface area contributed by atoms with Gasteiger partial charge in [0, 0.05) is 15.0 Å². The van der Waals surface area contributed by atoms with Crippen LogP contribution >= 0.6 is 22.7 Å². The van der Waals surface area contributed by atoms with Gasteiger partial charge in [0.15, 0.2) is 0 Å². The summed E-state index contributed by atoms with van der Waals surface area (Å²) in [6.45, 7) is 4.44. The number of amides is 1. The fourth-order valence-electron chi connectivity index (χ4n) is 2.14. The number of nitrogens with one attached hydrogen (secondary N) is 1. The van der Waals surface area contributed by atoms with Gasteiger partial charge < -0.3 is 11.1 Å². The summed E-state index contributed by atoms with van der Waals surface area (Å²) in [5.41, 5.74) is 10.6. The summed E-state index contributed by atoms with van der Waals surface area (Å²) in [5.74, 6) is -0.126. The smallest absolute Gasteiger partial charge is 0.263 e. The highest BCUT2D eigenvalue weighted by Gasteiger charge is 2.16. The van der Waals surface area contributed by atoms with E-state index in [-0.39, 0.29) is 5.91 Å². The number of hydrogen-bond donors (Lipinski definition) is 2. The minimum atomic E-state index is -0.126. The second kappa shape index (κ2) is 5.46. The van der Waals surface area contributed by atoms with Crippen LogP contribution in [0.3, 0.4) is 0 Å². The first-order chi connectivity index (χ1) is 10.1. The molecule has 6 heteroatoms. The predicted molar refractivity (Wildman–Crippen MR) is 89.0 cm³/mol. The van der Waals surface area contributed by atoms with Crippen LogP contribution in [0.25, 0.3) is 10.1 Å². The average molecular weight is 317 g/mol. The molecule has 108 valence electrons. The number of aryl methyl sites for hydroxylation is 2. The number of aromatic nitrogens is 1. The fourth-order valence-corrected chi connectivity index (χ4v) is 3.87. The largest absolute Gasteiger partial charge is 0.397 e. The molecule has 1 amide bonds. The number of carbonyl (C=O) groups is 1. The minimum Gasteiger partial charge on any atom is -0.397 e. The van der Waals surface area contributed by atoms with E-state index >= 15 is 0 Å². The molecule has 0 saturated carbocycles. The van der Waals surface area contributed by atoms with Gasteiger partial charge in [0.1, 0.15) is 4.88 Å². The number of thiazole rings is 1. The molecule has 0 aliphatic carbocycles. The maximum absolute atomic E-state index is 12.3. The number of benzene rings is 1. The molecule has 0 spiro atoms. The molecular formula is C15H15N3OS2. The van der Waals surface area contributed by atoms with E-state index in [1.165, 1.54) is 11.3 Å². The number of nitrogens with two attached hydrogens (primary N) is 1. The van der Waals surface area contributed by atoms with Crippen LogP contribution in [-0.2, 0) is 6.54 Å². The molecule has 0 aliphatic heterocycles.